The first kappa shape index (κ1) is 23.6. The molecule has 0 radical (unpaired) electrons. The number of ketones is 1. The van der Waals surface area contributed by atoms with Gasteiger partial charge in [0.2, 0.25) is 0 Å². The molecule has 1 aromatic heterocycles. The second kappa shape index (κ2) is 10.6. The summed E-state index contributed by atoms with van der Waals surface area (Å²) in [6.07, 6.45) is 6.92. The number of rotatable bonds is 8. The number of H-pyrrole nitrogens is 1. The van der Waals surface area contributed by atoms with E-state index in [4.69, 9.17) is 5.26 Å². The molecule has 1 aliphatic rings. The van der Waals surface area contributed by atoms with E-state index in [1.54, 1.807) is 6.08 Å². The van der Waals surface area contributed by atoms with Gasteiger partial charge in [-0.15, -0.1) is 0 Å². The third-order valence-corrected chi connectivity index (χ3v) is 6.72. The molecule has 0 saturated carbocycles. The van der Waals surface area contributed by atoms with Crippen LogP contribution in [0.2, 0.25) is 0 Å². The molecule has 1 aliphatic heterocycles. The van der Waals surface area contributed by atoms with Crippen LogP contribution in [0.25, 0.3) is 17.0 Å². The second-order valence-electron chi connectivity index (χ2n) is 9.10. The van der Waals surface area contributed by atoms with Crippen molar-refractivity contribution in [2.24, 2.45) is 0 Å². The zero-order valence-electron chi connectivity index (χ0n) is 20.0. The zero-order valence-corrected chi connectivity index (χ0v) is 20.0. The summed E-state index contributed by atoms with van der Waals surface area (Å²) in [6, 6.07) is 14.3. The molecule has 4 rings (SSSR count). The van der Waals surface area contributed by atoms with Crippen LogP contribution < -0.4 is 4.90 Å². The quantitative estimate of drug-likeness (QED) is 0.284. The second-order valence-corrected chi connectivity index (χ2v) is 9.10. The number of aliphatic hydroxyl groups excluding tert-OH is 1. The van der Waals surface area contributed by atoms with Crippen molar-refractivity contribution in [3.63, 3.8) is 0 Å². The molecule has 6 nitrogen and oxygen atoms in total. The Morgan fingerprint density at radius 1 is 1.15 bits per heavy atom. The molecule has 2 heterocycles. The number of nitrogens with one attached hydrogen (secondary N) is 1. The highest BCUT2D eigenvalue weighted by Gasteiger charge is 2.17. The van der Waals surface area contributed by atoms with Crippen molar-refractivity contribution < 1.29 is 9.90 Å². The third-order valence-electron chi connectivity index (χ3n) is 6.72. The molecule has 2 aromatic carbocycles. The summed E-state index contributed by atoms with van der Waals surface area (Å²) >= 11 is 0. The molecule has 2 N–H and O–H groups in total. The Morgan fingerprint density at radius 2 is 1.94 bits per heavy atom. The maximum absolute atomic E-state index is 11.4. The fraction of sp³-hybridized carbons (Fsp3) is 0.357. The Kier molecular flexibility index (Phi) is 7.34. The maximum atomic E-state index is 11.4. The molecule has 0 amide bonds. The number of piperazine rings is 1. The standard InChI is InChI=1S/C28H32N4O2/c1-20-6-8-25(16-24(20)17-28(34)21(2)33)32-13-11-31(12-14-32)10-4-3-5-23-19-30-27-9-7-22(18-29)15-26(23)27/h6-9,15-17,19,30,34H,3-5,10-14H2,1-2H3/b28-17-. The Bertz CT molecular complexity index is 1240. The Morgan fingerprint density at radius 3 is 2.68 bits per heavy atom. The van der Waals surface area contributed by atoms with Gasteiger partial charge in [0.15, 0.2) is 11.5 Å². The average molecular weight is 457 g/mol. The predicted octanol–water partition coefficient (Wildman–Crippen LogP) is 4.98. The molecule has 6 heteroatoms. The third kappa shape index (κ3) is 5.49. The van der Waals surface area contributed by atoms with Crippen LogP contribution in [0, 0.1) is 18.3 Å². The van der Waals surface area contributed by atoms with E-state index in [0.29, 0.717) is 5.56 Å². The number of carbonyl (C=O) groups is 1. The van der Waals surface area contributed by atoms with Crippen molar-refractivity contribution in [1.82, 2.24) is 9.88 Å². The monoisotopic (exact) mass is 456 g/mol. The van der Waals surface area contributed by atoms with E-state index < -0.39 is 0 Å². The van der Waals surface area contributed by atoms with E-state index in [2.05, 4.69) is 39.2 Å². The van der Waals surface area contributed by atoms with E-state index in [1.165, 1.54) is 12.5 Å². The molecular weight excluding hydrogens is 424 g/mol. The van der Waals surface area contributed by atoms with Gasteiger partial charge in [0.1, 0.15) is 0 Å². The fourth-order valence-electron chi connectivity index (χ4n) is 4.56. The van der Waals surface area contributed by atoms with Gasteiger partial charge in [0.05, 0.1) is 11.6 Å². The van der Waals surface area contributed by atoms with Gasteiger partial charge in [-0.25, -0.2) is 0 Å². The van der Waals surface area contributed by atoms with Crippen LogP contribution in [0.15, 0.2) is 48.4 Å². The van der Waals surface area contributed by atoms with Crippen molar-refractivity contribution >= 4 is 28.4 Å². The SMILES string of the molecule is CC(=O)/C(O)=C/c1cc(N2CCN(CCCCc3c[nH]c4ccc(C#N)cc34)CC2)ccc1C. The van der Waals surface area contributed by atoms with Gasteiger partial charge in [-0.3, -0.25) is 9.69 Å². The summed E-state index contributed by atoms with van der Waals surface area (Å²) in [7, 11) is 0. The first-order valence-corrected chi connectivity index (χ1v) is 11.9. The number of anilines is 1. The van der Waals surface area contributed by atoms with Crippen LogP contribution in [0.3, 0.4) is 0 Å². The van der Waals surface area contributed by atoms with Crippen LogP contribution in [0.5, 0.6) is 0 Å². The number of benzene rings is 2. The van der Waals surface area contributed by atoms with E-state index in [9.17, 15) is 9.90 Å². The van der Waals surface area contributed by atoms with Crippen LogP contribution in [-0.4, -0.2) is 53.5 Å². The van der Waals surface area contributed by atoms with Gasteiger partial charge < -0.3 is 15.0 Å². The number of nitriles is 1. The van der Waals surface area contributed by atoms with Crippen molar-refractivity contribution in [3.05, 3.63) is 70.6 Å². The van der Waals surface area contributed by atoms with E-state index in [1.807, 2.05) is 31.2 Å². The van der Waals surface area contributed by atoms with Gasteiger partial charge in [0.25, 0.3) is 0 Å². The predicted molar refractivity (Wildman–Crippen MR) is 137 cm³/mol. The van der Waals surface area contributed by atoms with Gasteiger partial charge in [0, 0.05) is 55.9 Å². The smallest absolute Gasteiger partial charge is 0.194 e. The minimum atomic E-state index is -0.324. The Balaban J connectivity index is 1.26. The Labute approximate surface area is 201 Å². The molecule has 0 spiro atoms. The summed E-state index contributed by atoms with van der Waals surface area (Å²) in [6.45, 7) is 8.42. The lowest BCUT2D eigenvalue weighted by Crippen LogP contribution is -2.46. The van der Waals surface area contributed by atoms with Gasteiger partial charge >= 0.3 is 0 Å². The highest BCUT2D eigenvalue weighted by molar-refractivity contribution is 5.95. The molecule has 176 valence electrons. The first-order chi connectivity index (χ1) is 16.4. The number of aromatic amines is 1. The normalized spacial score (nSPS) is 15.0. The maximum Gasteiger partial charge on any atom is 0.194 e. The number of aromatic nitrogens is 1. The lowest BCUT2D eigenvalue weighted by molar-refractivity contribution is -0.115. The molecule has 34 heavy (non-hydrogen) atoms. The van der Waals surface area contributed by atoms with Gasteiger partial charge in [-0.1, -0.05) is 6.07 Å². The number of hydrogen-bond donors (Lipinski definition) is 2. The van der Waals surface area contributed by atoms with Crippen LogP contribution in [0.4, 0.5) is 5.69 Å². The number of Topliss-reactive ketones (excluding diaryl/α,β-unsaturated/α-hetero) is 1. The topological polar surface area (TPSA) is 83.4 Å². The number of aliphatic hydroxyl groups is 1. The van der Waals surface area contributed by atoms with Crippen molar-refractivity contribution in [1.29, 1.82) is 5.26 Å². The van der Waals surface area contributed by atoms with Crippen LogP contribution in [0.1, 0.15) is 42.0 Å². The van der Waals surface area contributed by atoms with Gasteiger partial charge in [-0.05, 0) is 85.8 Å². The van der Waals surface area contributed by atoms with Gasteiger partial charge in [-0.2, -0.15) is 5.26 Å². The lowest BCUT2D eigenvalue weighted by atomic mass is 10.0. The number of fused-ring (bicyclic) bond motifs is 1. The van der Waals surface area contributed by atoms with Crippen molar-refractivity contribution in [2.45, 2.75) is 33.1 Å². The Hall–Kier alpha value is -3.56. The fourth-order valence-corrected chi connectivity index (χ4v) is 4.56. The molecule has 0 atom stereocenters. The van der Waals surface area contributed by atoms with E-state index in [-0.39, 0.29) is 11.5 Å². The van der Waals surface area contributed by atoms with Crippen LogP contribution >= 0.6 is 0 Å². The number of unbranched alkanes of at least 4 members (excludes halogenated alkanes) is 1. The molecule has 1 fully saturated rings. The van der Waals surface area contributed by atoms with Crippen LogP contribution in [-0.2, 0) is 11.2 Å². The number of aryl methyl sites for hydroxylation is 2. The van der Waals surface area contributed by atoms with Crippen molar-refractivity contribution in [3.8, 4) is 6.07 Å². The summed E-state index contributed by atoms with van der Waals surface area (Å²) in [5.74, 6) is -0.529. The largest absolute Gasteiger partial charge is 0.504 e. The minimum absolute atomic E-state index is 0.205. The van der Waals surface area contributed by atoms with Crippen molar-refractivity contribution in [2.75, 3.05) is 37.6 Å². The molecule has 1 saturated heterocycles. The number of nitrogens with zero attached hydrogens (tertiary/aromatic N) is 3. The average Bonchev–Trinajstić information content (AvgIpc) is 3.25. The summed E-state index contributed by atoms with van der Waals surface area (Å²) in [4.78, 5) is 19.6. The molecular formula is C28H32N4O2. The summed E-state index contributed by atoms with van der Waals surface area (Å²) < 4.78 is 0. The number of allylic oxidation sites excluding steroid dienone is 1. The number of hydrogen-bond acceptors (Lipinski definition) is 5. The number of carbonyl (C=O) groups excluding carboxylic acids is 1. The molecule has 3 aromatic rings. The highest BCUT2D eigenvalue weighted by atomic mass is 16.3. The summed E-state index contributed by atoms with van der Waals surface area (Å²) in [5, 5.41) is 20.2. The molecule has 0 bridgehead atoms. The lowest BCUT2D eigenvalue weighted by Gasteiger charge is -2.36. The minimum Gasteiger partial charge on any atom is -0.504 e. The molecule has 0 unspecified atom stereocenters. The molecule has 0 aliphatic carbocycles. The summed E-state index contributed by atoms with van der Waals surface area (Å²) in [5.41, 5.74) is 6.14. The van der Waals surface area contributed by atoms with E-state index >= 15 is 0 Å². The van der Waals surface area contributed by atoms with E-state index in [0.717, 1.165) is 79.7 Å². The zero-order chi connectivity index (χ0) is 24.1. The highest BCUT2D eigenvalue weighted by Crippen LogP contribution is 2.24. The first-order valence-electron chi connectivity index (χ1n) is 11.9.